The Labute approximate surface area is 193 Å². The largest absolute Gasteiger partial charge is 0.497 e. The summed E-state index contributed by atoms with van der Waals surface area (Å²) in [6.45, 7) is 4.03. The Morgan fingerprint density at radius 1 is 1.03 bits per heavy atom. The van der Waals surface area contributed by atoms with Crippen LogP contribution in [-0.4, -0.2) is 58.1 Å². The Kier molecular flexibility index (Phi) is 6.68. The van der Waals surface area contributed by atoms with Crippen LogP contribution in [0, 0.1) is 6.92 Å². The molecular weight excluding hydrogens is 446 g/mol. The molecule has 1 fully saturated rings. The van der Waals surface area contributed by atoms with Crippen LogP contribution in [0.15, 0.2) is 52.7 Å². The number of sulfonamides is 1. The second kappa shape index (κ2) is 9.48. The molecule has 1 aliphatic heterocycles. The number of nitrogens with zero attached hydrogens (tertiary/aromatic N) is 3. The Morgan fingerprint density at radius 2 is 1.81 bits per heavy atom. The van der Waals surface area contributed by atoms with Crippen LogP contribution in [0.5, 0.6) is 11.5 Å². The van der Waals surface area contributed by atoms with Crippen molar-refractivity contribution in [2.45, 2.75) is 18.2 Å². The molecule has 2 heterocycles. The lowest BCUT2D eigenvalue weighted by molar-refractivity contribution is 0.370. The first kappa shape index (κ1) is 22.6. The fourth-order valence-electron chi connectivity index (χ4n) is 3.80. The van der Waals surface area contributed by atoms with Gasteiger partial charge in [0.05, 0.1) is 19.9 Å². The molecule has 9 heteroatoms. The number of hydrogen-bond acceptors (Lipinski definition) is 7. The molecule has 1 saturated heterocycles. The Hall–Kier alpha value is -2.62. The van der Waals surface area contributed by atoms with E-state index in [0.29, 0.717) is 37.7 Å². The minimum atomic E-state index is -3.70. The lowest BCUT2D eigenvalue weighted by Gasteiger charge is -2.34. The van der Waals surface area contributed by atoms with E-state index in [4.69, 9.17) is 14.5 Å². The third-order valence-corrected chi connectivity index (χ3v) is 8.38. The number of benzene rings is 2. The van der Waals surface area contributed by atoms with Gasteiger partial charge in [-0.25, -0.2) is 13.4 Å². The van der Waals surface area contributed by atoms with E-state index in [-0.39, 0.29) is 4.90 Å². The molecule has 0 amide bonds. The lowest BCUT2D eigenvalue weighted by Crippen LogP contribution is -2.48. The molecule has 1 aromatic heterocycles. The molecule has 0 atom stereocenters. The summed E-state index contributed by atoms with van der Waals surface area (Å²) in [5.74, 6) is 0.792. The van der Waals surface area contributed by atoms with Crippen LogP contribution in [0.25, 0.3) is 0 Å². The standard InChI is InChI=1S/C23H27N3O4S2/c1-17-5-4-6-18(13-17)14-19-16-31-23(24-19)25-9-11-26(12-10-25)32(27,28)22-15-20(29-2)7-8-21(22)30-3/h4-8,13,15-16H,9-12,14H2,1-3H3. The zero-order valence-corrected chi connectivity index (χ0v) is 20.1. The van der Waals surface area contributed by atoms with Crippen molar-refractivity contribution < 1.29 is 17.9 Å². The third kappa shape index (κ3) is 4.74. The van der Waals surface area contributed by atoms with E-state index in [1.54, 1.807) is 23.5 Å². The smallest absolute Gasteiger partial charge is 0.247 e. The Bertz CT molecular complexity index is 1190. The minimum Gasteiger partial charge on any atom is -0.497 e. The highest BCUT2D eigenvalue weighted by molar-refractivity contribution is 7.89. The highest BCUT2D eigenvalue weighted by atomic mass is 32.2. The summed E-state index contributed by atoms with van der Waals surface area (Å²) in [4.78, 5) is 7.07. The second-order valence-electron chi connectivity index (χ2n) is 7.70. The maximum absolute atomic E-state index is 13.3. The summed E-state index contributed by atoms with van der Waals surface area (Å²) in [6.07, 6.45) is 0.794. The van der Waals surface area contributed by atoms with Gasteiger partial charge in [-0.05, 0) is 24.6 Å². The molecule has 0 aliphatic carbocycles. The van der Waals surface area contributed by atoms with Gasteiger partial charge in [0.25, 0.3) is 0 Å². The van der Waals surface area contributed by atoms with Crippen LogP contribution in [0.2, 0.25) is 0 Å². The van der Waals surface area contributed by atoms with Gasteiger partial charge in [-0.3, -0.25) is 0 Å². The van der Waals surface area contributed by atoms with Crippen LogP contribution in [0.4, 0.5) is 5.13 Å². The highest BCUT2D eigenvalue weighted by Crippen LogP contribution is 2.32. The average molecular weight is 474 g/mol. The van der Waals surface area contributed by atoms with Crippen molar-refractivity contribution in [1.29, 1.82) is 0 Å². The average Bonchev–Trinajstić information content (AvgIpc) is 3.27. The monoisotopic (exact) mass is 473 g/mol. The normalized spacial score (nSPS) is 15.0. The summed E-state index contributed by atoms with van der Waals surface area (Å²) < 4.78 is 38.5. The quantitative estimate of drug-likeness (QED) is 0.522. The van der Waals surface area contributed by atoms with Gasteiger partial charge in [0.15, 0.2) is 5.13 Å². The number of aromatic nitrogens is 1. The predicted octanol–water partition coefficient (Wildman–Crippen LogP) is 3.57. The Morgan fingerprint density at radius 3 is 2.50 bits per heavy atom. The minimum absolute atomic E-state index is 0.127. The van der Waals surface area contributed by atoms with Crippen LogP contribution < -0.4 is 14.4 Å². The summed E-state index contributed by atoms with van der Waals surface area (Å²) in [5.41, 5.74) is 3.51. The molecule has 0 N–H and O–H groups in total. The summed E-state index contributed by atoms with van der Waals surface area (Å²) in [5, 5.41) is 3.02. The molecule has 3 aromatic rings. The van der Waals surface area contributed by atoms with Crippen LogP contribution in [0.1, 0.15) is 16.8 Å². The van der Waals surface area contributed by atoms with Crippen LogP contribution in [0.3, 0.4) is 0 Å². The Balaban J connectivity index is 1.44. The number of rotatable bonds is 7. The van der Waals surface area contributed by atoms with Crippen molar-refractivity contribution in [2.24, 2.45) is 0 Å². The molecule has 7 nitrogen and oxygen atoms in total. The zero-order chi connectivity index (χ0) is 22.7. The van der Waals surface area contributed by atoms with Crippen LogP contribution in [-0.2, 0) is 16.4 Å². The summed E-state index contributed by atoms with van der Waals surface area (Å²) >= 11 is 1.61. The number of aryl methyl sites for hydroxylation is 1. The first-order valence-electron chi connectivity index (χ1n) is 10.4. The molecule has 0 spiro atoms. The van der Waals surface area contributed by atoms with E-state index >= 15 is 0 Å². The predicted molar refractivity (Wildman–Crippen MR) is 127 cm³/mol. The van der Waals surface area contributed by atoms with Gasteiger partial charge in [0, 0.05) is 44.0 Å². The molecule has 0 unspecified atom stereocenters. The van der Waals surface area contributed by atoms with Crippen molar-refractivity contribution in [3.63, 3.8) is 0 Å². The van der Waals surface area contributed by atoms with E-state index in [2.05, 4.69) is 41.5 Å². The van der Waals surface area contributed by atoms with Gasteiger partial charge in [0.2, 0.25) is 10.0 Å². The number of piperazine rings is 1. The number of hydrogen-bond donors (Lipinski definition) is 0. The van der Waals surface area contributed by atoms with E-state index < -0.39 is 10.0 Å². The summed E-state index contributed by atoms with van der Waals surface area (Å²) in [7, 11) is -0.718. The van der Waals surface area contributed by atoms with Crippen molar-refractivity contribution in [3.05, 3.63) is 64.7 Å². The summed E-state index contributed by atoms with van der Waals surface area (Å²) in [6, 6.07) is 13.3. The highest BCUT2D eigenvalue weighted by Gasteiger charge is 2.32. The molecule has 0 bridgehead atoms. The first-order valence-corrected chi connectivity index (χ1v) is 12.7. The van der Waals surface area contributed by atoms with E-state index in [0.717, 1.165) is 17.2 Å². The fourth-order valence-corrected chi connectivity index (χ4v) is 6.27. The van der Waals surface area contributed by atoms with E-state index in [1.807, 2.05) is 0 Å². The fraction of sp³-hybridized carbons (Fsp3) is 0.348. The molecule has 2 aromatic carbocycles. The maximum atomic E-state index is 13.3. The van der Waals surface area contributed by atoms with Gasteiger partial charge in [-0.2, -0.15) is 4.31 Å². The maximum Gasteiger partial charge on any atom is 0.247 e. The van der Waals surface area contributed by atoms with Gasteiger partial charge < -0.3 is 14.4 Å². The van der Waals surface area contributed by atoms with Gasteiger partial charge in [-0.1, -0.05) is 29.8 Å². The molecule has 170 valence electrons. The molecule has 0 saturated carbocycles. The molecular formula is C23H27N3O4S2. The number of ether oxygens (including phenoxy) is 2. The van der Waals surface area contributed by atoms with Crippen LogP contribution >= 0.6 is 11.3 Å². The molecule has 0 radical (unpaired) electrons. The van der Waals surface area contributed by atoms with Gasteiger partial charge >= 0.3 is 0 Å². The van der Waals surface area contributed by atoms with Crippen molar-refractivity contribution in [1.82, 2.24) is 9.29 Å². The number of anilines is 1. The third-order valence-electron chi connectivity index (χ3n) is 5.51. The molecule has 1 aliphatic rings. The van der Waals surface area contributed by atoms with E-state index in [9.17, 15) is 8.42 Å². The van der Waals surface area contributed by atoms with Gasteiger partial charge in [-0.15, -0.1) is 11.3 Å². The van der Waals surface area contributed by atoms with Gasteiger partial charge in [0.1, 0.15) is 16.4 Å². The zero-order valence-electron chi connectivity index (χ0n) is 18.4. The van der Waals surface area contributed by atoms with E-state index in [1.165, 1.54) is 35.7 Å². The van der Waals surface area contributed by atoms with Crippen molar-refractivity contribution >= 4 is 26.5 Å². The molecule has 4 rings (SSSR count). The van der Waals surface area contributed by atoms with Crippen molar-refractivity contribution in [3.8, 4) is 11.5 Å². The topological polar surface area (TPSA) is 72.0 Å². The van der Waals surface area contributed by atoms with Crippen molar-refractivity contribution in [2.75, 3.05) is 45.3 Å². The first-order chi connectivity index (χ1) is 15.4. The molecule has 32 heavy (non-hydrogen) atoms. The number of methoxy groups -OCH3 is 2. The SMILES string of the molecule is COc1ccc(OC)c(S(=O)(=O)N2CCN(c3nc(Cc4cccc(C)c4)cs3)CC2)c1. The lowest BCUT2D eigenvalue weighted by atomic mass is 10.1. The second-order valence-corrected chi connectivity index (χ2v) is 10.4. The number of thiazole rings is 1.